The van der Waals surface area contributed by atoms with Gasteiger partial charge < -0.3 is 19.2 Å². The van der Waals surface area contributed by atoms with Gasteiger partial charge in [0.05, 0.1) is 12.7 Å². The van der Waals surface area contributed by atoms with Gasteiger partial charge >= 0.3 is 5.97 Å². The lowest BCUT2D eigenvalue weighted by atomic mass is 10.2. The molecule has 3 rings (SSSR count). The highest BCUT2D eigenvalue weighted by Crippen LogP contribution is 2.17. The van der Waals surface area contributed by atoms with Crippen LogP contribution in [0.1, 0.15) is 10.4 Å². The van der Waals surface area contributed by atoms with Gasteiger partial charge in [-0.25, -0.2) is 9.78 Å². The normalized spacial score (nSPS) is 10.4. The van der Waals surface area contributed by atoms with E-state index in [4.69, 9.17) is 13.9 Å². The highest BCUT2D eigenvalue weighted by molar-refractivity contribution is 5.97. The zero-order valence-corrected chi connectivity index (χ0v) is 12.8. The molecule has 1 heterocycles. The van der Waals surface area contributed by atoms with Crippen molar-refractivity contribution in [3.63, 3.8) is 0 Å². The minimum Gasteiger partial charge on any atom is -0.497 e. The Balaban J connectivity index is 1.57. The van der Waals surface area contributed by atoms with Crippen molar-refractivity contribution in [1.82, 2.24) is 4.98 Å². The Hall–Kier alpha value is -3.35. The molecule has 0 aliphatic heterocycles. The van der Waals surface area contributed by atoms with Crippen LogP contribution in [0, 0.1) is 0 Å². The van der Waals surface area contributed by atoms with Crippen LogP contribution in [0.15, 0.2) is 53.3 Å². The summed E-state index contributed by atoms with van der Waals surface area (Å²) in [7, 11) is 1.54. The van der Waals surface area contributed by atoms with E-state index in [-0.39, 0.29) is 0 Å². The average Bonchev–Trinajstić information content (AvgIpc) is 3.07. The molecule has 0 aliphatic rings. The first-order valence-corrected chi connectivity index (χ1v) is 7.10. The number of carbonyl (C=O) groups excluding carboxylic acids is 2. The van der Waals surface area contributed by atoms with Gasteiger partial charge in [0.1, 0.15) is 11.3 Å². The summed E-state index contributed by atoms with van der Waals surface area (Å²) in [6.45, 7) is -0.396. The zero-order valence-electron chi connectivity index (χ0n) is 12.8. The van der Waals surface area contributed by atoms with Crippen LogP contribution in [0.2, 0.25) is 0 Å². The van der Waals surface area contributed by atoms with Gasteiger partial charge in [-0.15, -0.1) is 0 Å². The molecule has 0 radical (unpaired) electrons. The minimum atomic E-state index is -0.610. The molecular formula is C17H14N2O5. The zero-order chi connectivity index (χ0) is 16.9. The lowest BCUT2D eigenvalue weighted by Gasteiger charge is -2.08. The first kappa shape index (κ1) is 15.5. The first-order valence-electron chi connectivity index (χ1n) is 7.10. The summed E-state index contributed by atoms with van der Waals surface area (Å²) in [5, 5.41) is 2.63. The molecule has 1 N–H and O–H groups in total. The third kappa shape index (κ3) is 3.52. The molecule has 3 aromatic rings. The molecule has 1 aromatic heterocycles. The summed E-state index contributed by atoms with van der Waals surface area (Å²) in [6.07, 6.45) is 1.29. The lowest BCUT2D eigenvalue weighted by Crippen LogP contribution is -2.20. The molecule has 0 saturated carbocycles. The molecule has 0 spiro atoms. The van der Waals surface area contributed by atoms with E-state index in [1.54, 1.807) is 42.5 Å². The van der Waals surface area contributed by atoms with Gasteiger partial charge in [-0.1, -0.05) is 6.07 Å². The second kappa shape index (κ2) is 6.82. The molecule has 7 nitrogen and oxygen atoms in total. The number of ether oxygens (including phenoxy) is 2. The smallest absolute Gasteiger partial charge is 0.338 e. The topological polar surface area (TPSA) is 90.7 Å². The highest BCUT2D eigenvalue weighted by Gasteiger charge is 2.12. The highest BCUT2D eigenvalue weighted by atomic mass is 16.5. The monoisotopic (exact) mass is 326 g/mol. The van der Waals surface area contributed by atoms with E-state index < -0.39 is 18.5 Å². The molecule has 0 unspecified atom stereocenters. The van der Waals surface area contributed by atoms with Crippen LogP contribution in [0.25, 0.3) is 11.1 Å². The van der Waals surface area contributed by atoms with Crippen molar-refractivity contribution in [2.45, 2.75) is 0 Å². The first-order chi connectivity index (χ1) is 11.7. The number of nitrogens with one attached hydrogen (secondary N) is 1. The molecule has 0 saturated heterocycles. The summed E-state index contributed by atoms with van der Waals surface area (Å²) < 4.78 is 15.2. The number of oxazole rings is 1. The number of amides is 1. The Morgan fingerprint density at radius 2 is 2.08 bits per heavy atom. The summed E-state index contributed by atoms with van der Waals surface area (Å²) in [5.41, 5.74) is 1.97. The molecule has 2 aromatic carbocycles. The van der Waals surface area contributed by atoms with Crippen LogP contribution in [0.3, 0.4) is 0 Å². The lowest BCUT2D eigenvalue weighted by molar-refractivity contribution is -0.119. The van der Waals surface area contributed by atoms with E-state index in [9.17, 15) is 9.59 Å². The Kier molecular flexibility index (Phi) is 4.42. The van der Waals surface area contributed by atoms with Gasteiger partial charge in [0.25, 0.3) is 5.91 Å². The Morgan fingerprint density at radius 3 is 2.92 bits per heavy atom. The van der Waals surface area contributed by atoms with Gasteiger partial charge in [-0.3, -0.25) is 4.79 Å². The average molecular weight is 326 g/mol. The fourth-order valence-electron chi connectivity index (χ4n) is 2.10. The van der Waals surface area contributed by atoms with E-state index in [0.717, 1.165) is 0 Å². The van der Waals surface area contributed by atoms with Crippen molar-refractivity contribution in [2.24, 2.45) is 0 Å². The maximum absolute atomic E-state index is 12.0. The van der Waals surface area contributed by atoms with Crippen LogP contribution in [-0.2, 0) is 9.53 Å². The molecule has 0 bridgehead atoms. The predicted molar refractivity (Wildman–Crippen MR) is 85.9 cm³/mol. The molecule has 0 aliphatic carbocycles. The van der Waals surface area contributed by atoms with Gasteiger partial charge in [0, 0.05) is 11.8 Å². The van der Waals surface area contributed by atoms with E-state index in [1.165, 1.54) is 13.5 Å². The number of esters is 1. The number of aromatic nitrogens is 1. The minimum absolute atomic E-state index is 0.297. The number of carbonyl (C=O) groups is 2. The second-order valence-corrected chi connectivity index (χ2v) is 4.89. The maximum Gasteiger partial charge on any atom is 0.338 e. The van der Waals surface area contributed by atoms with E-state index in [1.807, 2.05) is 0 Å². The van der Waals surface area contributed by atoms with Crippen molar-refractivity contribution in [1.29, 1.82) is 0 Å². The number of nitrogens with zero attached hydrogens (tertiary/aromatic N) is 1. The van der Waals surface area contributed by atoms with E-state index >= 15 is 0 Å². The van der Waals surface area contributed by atoms with Gasteiger partial charge in [0.15, 0.2) is 18.6 Å². The van der Waals surface area contributed by atoms with Gasteiger partial charge in [-0.05, 0) is 30.3 Å². The fourth-order valence-corrected chi connectivity index (χ4v) is 2.10. The largest absolute Gasteiger partial charge is 0.497 e. The van der Waals surface area contributed by atoms with Crippen LogP contribution in [-0.4, -0.2) is 30.6 Å². The third-order valence-electron chi connectivity index (χ3n) is 3.25. The molecule has 0 atom stereocenters. The Labute approximate surface area is 137 Å². The van der Waals surface area contributed by atoms with Crippen molar-refractivity contribution >= 4 is 28.7 Å². The van der Waals surface area contributed by atoms with Crippen LogP contribution in [0.4, 0.5) is 5.69 Å². The summed E-state index contributed by atoms with van der Waals surface area (Å²) in [5.74, 6) is -0.439. The second-order valence-electron chi connectivity index (χ2n) is 4.89. The van der Waals surface area contributed by atoms with Gasteiger partial charge in [-0.2, -0.15) is 0 Å². The van der Waals surface area contributed by atoms with Crippen molar-refractivity contribution in [3.8, 4) is 5.75 Å². The molecule has 0 fully saturated rings. The maximum atomic E-state index is 12.0. The van der Waals surface area contributed by atoms with Gasteiger partial charge in [0.2, 0.25) is 0 Å². The number of methoxy groups -OCH3 is 1. The fraction of sp³-hybridized carbons (Fsp3) is 0.118. The van der Waals surface area contributed by atoms with E-state index in [0.29, 0.717) is 28.1 Å². The van der Waals surface area contributed by atoms with Crippen LogP contribution in [0.5, 0.6) is 5.75 Å². The number of rotatable bonds is 5. The van der Waals surface area contributed by atoms with Crippen LogP contribution < -0.4 is 10.1 Å². The predicted octanol–water partition coefficient (Wildman–Crippen LogP) is 2.63. The number of benzene rings is 2. The number of anilines is 1. The molecular weight excluding hydrogens is 312 g/mol. The molecule has 1 amide bonds. The standard InChI is InChI=1S/C17H14N2O5/c1-22-13-4-2-3-12(8-13)19-16(20)9-23-17(21)11-5-6-15-14(7-11)18-10-24-15/h2-8,10H,9H2,1H3,(H,19,20). The third-order valence-corrected chi connectivity index (χ3v) is 3.25. The molecule has 7 heteroatoms. The summed E-state index contributed by atoms with van der Waals surface area (Å²) in [4.78, 5) is 27.8. The van der Waals surface area contributed by atoms with Crippen LogP contribution >= 0.6 is 0 Å². The Morgan fingerprint density at radius 1 is 1.21 bits per heavy atom. The van der Waals surface area contributed by atoms with E-state index in [2.05, 4.69) is 10.3 Å². The Bertz CT molecular complexity index is 887. The number of hydrogen-bond acceptors (Lipinski definition) is 6. The summed E-state index contributed by atoms with van der Waals surface area (Å²) >= 11 is 0. The molecule has 122 valence electrons. The van der Waals surface area contributed by atoms with Crippen molar-refractivity contribution in [3.05, 3.63) is 54.4 Å². The number of fused-ring (bicyclic) bond motifs is 1. The SMILES string of the molecule is COc1cccc(NC(=O)COC(=O)c2ccc3ocnc3c2)c1. The summed E-state index contributed by atoms with van der Waals surface area (Å²) in [6, 6.07) is 11.6. The quantitative estimate of drug-likeness (QED) is 0.725. The van der Waals surface area contributed by atoms with Crippen molar-refractivity contribution in [2.75, 3.05) is 19.0 Å². The molecule has 24 heavy (non-hydrogen) atoms. The van der Waals surface area contributed by atoms with Crippen molar-refractivity contribution < 1.29 is 23.5 Å². The number of hydrogen-bond donors (Lipinski definition) is 1.